The van der Waals surface area contributed by atoms with E-state index in [9.17, 15) is 9.59 Å². The molecule has 0 aliphatic rings. The van der Waals surface area contributed by atoms with Crippen LogP contribution in [0, 0.1) is 0 Å². The predicted octanol–water partition coefficient (Wildman–Crippen LogP) is 6.01. The number of amides is 1. The smallest absolute Gasteiger partial charge is 0.262 e. The van der Waals surface area contributed by atoms with Crippen molar-refractivity contribution < 1.29 is 19.1 Å². The molecule has 1 N–H and O–H groups in total. The molecule has 0 aliphatic carbocycles. The molecule has 0 radical (unpaired) electrons. The van der Waals surface area contributed by atoms with E-state index in [1.54, 1.807) is 35.6 Å². The number of carbonyl (C=O) groups is 2. The first kappa shape index (κ1) is 23.3. The van der Waals surface area contributed by atoms with Gasteiger partial charge < -0.3 is 14.8 Å². The van der Waals surface area contributed by atoms with Crippen molar-refractivity contribution in [3.8, 4) is 11.5 Å². The fraction of sp³-hybridized carbons (Fsp3) is 0.231. The van der Waals surface area contributed by atoms with Crippen molar-refractivity contribution in [1.82, 2.24) is 0 Å². The van der Waals surface area contributed by atoms with E-state index in [-0.39, 0.29) is 18.3 Å². The van der Waals surface area contributed by atoms with Crippen molar-refractivity contribution >= 4 is 34.8 Å². The number of hydrogen-bond donors (Lipinski definition) is 1. The molecule has 1 heterocycles. The Bertz CT molecular complexity index is 1070. The van der Waals surface area contributed by atoms with Crippen LogP contribution in [0.4, 0.5) is 5.69 Å². The van der Waals surface area contributed by atoms with E-state index in [2.05, 4.69) is 12.2 Å². The molecule has 1 amide bonds. The van der Waals surface area contributed by atoms with Gasteiger partial charge in [0.1, 0.15) is 0 Å². The summed E-state index contributed by atoms with van der Waals surface area (Å²) in [5.41, 5.74) is 1.53. The average molecular weight is 450 g/mol. The molecular weight excluding hydrogens is 422 g/mol. The van der Waals surface area contributed by atoms with Crippen LogP contribution in [-0.2, 0) is 11.2 Å². The Hall–Kier alpha value is -3.38. The van der Waals surface area contributed by atoms with Gasteiger partial charge in [-0.1, -0.05) is 43.7 Å². The predicted molar refractivity (Wildman–Crippen MR) is 130 cm³/mol. The lowest BCUT2D eigenvalue weighted by Gasteiger charge is -2.12. The van der Waals surface area contributed by atoms with E-state index >= 15 is 0 Å². The normalized spacial score (nSPS) is 10.8. The van der Waals surface area contributed by atoms with E-state index in [1.165, 1.54) is 4.88 Å². The monoisotopic (exact) mass is 449 g/mol. The molecule has 0 spiro atoms. The minimum absolute atomic E-state index is 0.0202. The number of para-hydroxylation sites is 1. The van der Waals surface area contributed by atoms with Crippen LogP contribution in [0.15, 0.2) is 66.7 Å². The van der Waals surface area contributed by atoms with Crippen LogP contribution >= 0.6 is 11.3 Å². The summed E-state index contributed by atoms with van der Waals surface area (Å²) in [6.07, 6.45) is 5.38. The van der Waals surface area contributed by atoms with Crippen LogP contribution in [0.25, 0.3) is 6.08 Å². The second-order valence-electron chi connectivity index (χ2n) is 7.06. The summed E-state index contributed by atoms with van der Waals surface area (Å²) in [6.45, 7) is 4.32. The van der Waals surface area contributed by atoms with E-state index in [1.807, 2.05) is 55.5 Å². The topological polar surface area (TPSA) is 64.6 Å². The number of nitrogens with one attached hydrogen (secondary N) is 1. The Morgan fingerprint density at radius 2 is 1.78 bits per heavy atom. The first-order valence-corrected chi connectivity index (χ1v) is 11.5. The summed E-state index contributed by atoms with van der Waals surface area (Å²) in [4.78, 5) is 26.6. The lowest BCUT2D eigenvalue weighted by atomic mass is 10.1. The Morgan fingerprint density at radius 3 is 2.53 bits per heavy atom. The molecule has 3 aromatic rings. The first-order chi connectivity index (χ1) is 15.6. The molecule has 0 saturated carbocycles. The SMILES string of the molecule is CCCc1ccc(C(=O)/C=C/c2ccc(OCC(=O)Nc3ccccc3)c(OCC)c2)s1. The second kappa shape index (κ2) is 11.9. The number of rotatable bonds is 11. The number of benzene rings is 2. The fourth-order valence-electron chi connectivity index (χ4n) is 3.02. The van der Waals surface area contributed by atoms with Crippen LogP contribution in [0.5, 0.6) is 11.5 Å². The molecule has 0 bridgehead atoms. The second-order valence-corrected chi connectivity index (χ2v) is 8.22. The molecule has 2 aromatic carbocycles. The molecule has 0 fully saturated rings. The molecular formula is C26H27NO4S. The van der Waals surface area contributed by atoms with Crippen molar-refractivity contribution in [2.45, 2.75) is 26.7 Å². The Balaban J connectivity index is 1.63. The summed E-state index contributed by atoms with van der Waals surface area (Å²) in [6, 6.07) is 18.5. The molecule has 166 valence electrons. The number of thiophene rings is 1. The van der Waals surface area contributed by atoms with Crippen LogP contribution in [0.2, 0.25) is 0 Å². The zero-order valence-electron chi connectivity index (χ0n) is 18.3. The standard InChI is InChI=1S/C26H27NO4S/c1-3-8-21-13-16-25(32-21)22(28)14-11-19-12-15-23(24(17-19)30-4-2)31-18-26(29)27-20-9-6-5-7-10-20/h5-7,9-17H,3-4,8,18H2,1-2H3,(H,27,29)/b14-11+. The van der Waals surface area contributed by atoms with E-state index in [0.29, 0.717) is 23.8 Å². The molecule has 0 aliphatic heterocycles. The van der Waals surface area contributed by atoms with E-state index in [4.69, 9.17) is 9.47 Å². The molecule has 5 nitrogen and oxygen atoms in total. The van der Waals surface area contributed by atoms with Crippen molar-refractivity contribution in [3.05, 3.63) is 82.1 Å². The van der Waals surface area contributed by atoms with Crippen LogP contribution in [-0.4, -0.2) is 24.9 Å². The number of carbonyl (C=O) groups excluding carboxylic acids is 2. The van der Waals surface area contributed by atoms with Gasteiger partial charge in [-0.05, 0) is 61.4 Å². The zero-order chi connectivity index (χ0) is 22.8. The van der Waals surface area contributed by atoms with Crippen molar-refractivity contribution in [2.75, 3.05) is 18.5 Å². The molecule has 32 heavy (non-hydrogen) atoms. The third-order valence-corrected chi connectivity index (χ3v) is 5.67. The zero-order valence-corrected chi connectivity index (χ0v) is 19.1. The van der Waals surface area contributed by atoms with Crippen LogP contribution < -0.4 is 14.8 Å². The molecule has 1 aromatic heterocycles. The van der Waals surface area contributed by atoms with Gasteiger partial charge in [0, 0.05) is 10.6 Å². The lowest BCUT2D eigenvalue weighted by Crippen LogP contribution is -2.20. The highest BCUT2D eigenvalue weighted by Crippen LogP contribution is 2.29. The van der Waals surface area contributed by atoms with Gasteiger partial charge in [-0.15, -0.1) is 11.3 Å². The summed E-state index contributed by atoms with van der Waals surface area (Å²) >= 11 is 1.54. The quantitative estimate of drug-likeness (QED) is 0.287. The molecule has 0 saturated heterocycles. The summed E-state index contributed by atoms with van der Waals surface area (Å²) in [7, 11) is 0. The molecule has 3 rings (SSSR count). The number of allylic oxidation sites excluding steroid dienone is 1. The maximum Gasteiger partial charge on any atom is 0.262 e. The van der Waals surface area contributed by atoms with Gasteiger partial charge in [0.05, 0.1) is 11.5 Å². The van der Waals surface area contributed by atoms with Crippen molar-refractivity contribution in [2.24, 2.45) is 0 Å². The molecule has 0 unspecified atom stereocenters. The Kier molecular flexibility index (Phi) is 8.63. The number of anilines is 1. The lowest BCUT2D eigenvalue weighted by molar-refractivity contribution is -0.118. The maximum absolute atomic E-state index is 12.5. The maximum atomic E-state index is 12.5. The highest BCUT2D eigenvalue weighted by molar-refractivity contribution is 7.14. The third kappa shape index (κ3) is 6.82. The van der Waals surface area contributed by atoms with Gasteiger partial charge in [0.25, 0.3) is 5.91 Å². The van der Waals surface area contributed by atoms with Gasteiger partial charge >= 0.3 is 0 Å². The third-order valence-electron chi connectivity index (χ3n) is 4.51. The van der Waals surface area contributed by atoms with E-state index in [0.717, 1.165) is 23.3 Å². The summed E-state index contributed by atoms with van der Waals surface area (Å²) in [5, 5.41) is 2.78. The minimum atomic E-state index is -0.258. The number of ketones is 1. The van der Waals surface area contributed by atoms with Crippen molar-refractivity contribution in [1.29, 1.82) is 0 Å². The molecule has 6 heteroatoms. The fourth-order valence-corrected chi connectivity index (χ4v) is 4.05. The number of hydrogen-bond acceptors (Lipinski definition) is 5. The highest BCUT2D eigenvalue weighted by Gasteiger charge is 2.10. The molecule has 0 atom stereocenters. The largest absolute Gasteiger partial charge is 0.490 e. The number of ether oxygens (including phenoxy) is 2. The van der Waals surface area contributed by atoms with Gasteiger partial charge in [0.2, 0.25) is 0 Å². The van der Waals surface area contributed by atoms with Gasteiger partial charge in [-0.3, -0.25) is 9.59 Å². The van der Waals surface area contributed by atoms with Gasteiger partial charge in [-0.2, -0.15) is 0 Å². The summed E-state index contributed by atoms with van der Waals surface area (Å²) < 4.78 is 11.3. The van der Waals surface area contributed by atoms with E-state index < -0.39 is 0 Å². The first-order valence-electron chi connectivity index (χ1n) is 10.6. The number of aryl methyl sites for hydroxylation is 1. The van der Waals surface area contributed by atoms with Crippen LogP contribution in [0.1, 0.15) is 40.4 Å². The summed E-state index contributed by atoms with van der Waals surface area (Å²) in [5.74, 6) is 0.719. The van der Waals surface area contributed by atoms with Crippen LogP contribution in [0.3, 0.4) is 0 Å². The van der Waals surface area contributed by atoms with Gasteiger partial charge in [-0.25, -0.2) is 0 Å². The van der Waals surface area contributed by atoms with Gasteiger partial charge in [0.15, 0.2) is 23.9 Å². The highest BCUT2D eigenvalue weighted by atomic mass is 32.1. The Morgan fingerprint density at radius 1 is 0.969 bits per heavy atom. The minimum Gasteiger partial charge on any atom is -0.490 e. The van der Waals surface area contributed by atoms with Crippen molar-refractivity contribution in [3.63, 3.8) is 0 Å². The Labute approximate surface area is 192 Å². The average Bonchev–Trinajstić information content (AvgIpc) is 3.27.